The molecular weight excluding hydrogens is 182 g/mol. The van der Waals surface area contributed by atoms with Crippen LogP contribution in [0.5, 0.6) is 0 Å². The molecule has 0 aromatic carbocycles. The van der Waals surface area contributed by atoms with E-state index in [9.17, 15) is 0 Å². The quantitative estimate of drug-likeness (QED) is 0.437. The third-order valence-electron chi connectivity index (χ3n) is 2.55. The van der Waals surface area contributed by atoms with Gasteiger partial charge in [-0.05, 0) is 31.1 Å². The van der Waals surface area contributed by atoms with Crippen LogP contribution in [0.15, 0.2) is 0 Å². The summed E-state index contributed by atoms with van der Waals surface area (Å²) >= 11 is 0. The summed E-state index contributed by atoms with van der Waals surface area (Å²) in [6, 6.07) is 0. The Balaban J connectivity index is 3.52. The van der Waals surface area contributed by atoms with E-state index >= 15 is 0 Å². The molecule has 0 aliphatic rings. The first-order valence-electron chi connectivity index (χ1n) is 5.10. The van der Waals surface area contributed by atoms with Crippen molar-refractivity contribution in [2.45, 2.75) is 50.8 Å². The topological polar surface area (TPSA) is 0 Å². The zero-order chi connectivity index (χ0) is 9.40. The molecular formula is C10H24P2. The van der Waals surface area contributed by atoms with Gasteiger partial charge < -0.3 is 0 Å². The van der Waals surface area contributed by atoms with Gasteiger partial charge in [0.15, 0.2) is 0 Å². The number of unbranched alkanes of at least 4 members (excludes halogenated alkanes) is 2. The summed E-state index contributed by atoms with van der Waals surface area (Å²) in [6.07, 6.45) is 5.73. The van der Waals surface area contributed by atoms with Gasteiger partial charge in [0.2, 0.25) is 0 Å². The molecule has 0 nitrogen and oxygen atoms in total. The molecule has 2 heteroatoms. The normalized spacial score (nSPS) is 18.0. The van der Waals surface area contributed by atoms with Crippen molar-refractivity contribution in [3.63, 3.8) is 0 Å². The average Bonchev–Trinajstić information content (AvgIpc) is 2.11. The zero-order valence-electron chi connectivity index (χ0n) is 8.98. The Bertz CT molecular complexity index is 93.8. The predicted octanol–water partition coefficient (Wildman–Crippen LogP) is 3.94. The lowest BCUT2D eigenvalue weighted by molar-refractivity contribution is 0.638. The van der Waals surface area contributed by atoms with Crippen molar-refractivity contribution in [2.75, 3.05) is 13.3 Å². The maximum atomic E-state index is 2.42. The largest absolute Gasteiger partial charge is 0.122 e. The van der Waals surface area contributed by atoms with E-state index in [0.717, 1.165) is 28.5 Å². The summed E-state index contributed by atoms with van der Waals surface area (Å²) in [7, 11) is 2.29. The van der Waals surface area contributed by atoms with Crippen molar-refractivity contribution in [1.82, 2.24) is 0 Å². The van der Waals surface area contributed by atoms with Crippen LogP contribution in [0.3, 0.4) is 0 Å². The zero-order valence-corrected chi connectivity index (χ0v) is 11.0. The van der Waals surface area contributed by atoms with Crippen LogP contribution >= 0.6 is 17.2 Å². The standard InChI is InChI=1S/C10H24P2/c1-5-6-7-8-10(12-4)9(2)11-3/h9-12H,5-8H2,1-4H3. The molecule has 74 valence electrons. The molecule has 0 aliphatic carbocycles. The van der Waals surface area contributed by atoms with E-state index in [0.29, 0.717) is 0 Å². The summed E-state index contributed by atoms with van der Waals surface area (Å²) in [5, 5.41) is 0. The molecule has 0 heterocycles. The highest BCUT2D eigenvalue weighted by molar-refractivity contribution is 7.42. The Kier molecular flexibility index (Phi) is 9.06. The summed E-state index contributed by atoms with van der Waals surface area (Å²) in [6.45, 7) is 9.42. The minimum Gasteiger partial charge on any atom is -0.122 e. The van der Waals surface area contributed by atoms with Gasteiger partial charge in [0.1, 0.15) is 0 Å². The molecule has 4 unspecified atom stereocenters. The summed E-state index contributed by atoms with van der Waals surface area (Å²) in [5.74, 6) is 0. The van der Waals surface area contributed by atoms with Gasteiger partial charge in [0.25, 0.3) is 0 Å². The van der Waals surface area contributed by atoms with Crippen molar-refractivity contribution in [3.8, 4) is 0 Å². The van der Waals surface area contributed by atoms with Gasteiger partial charge in [0.05, 0.1) is 0 Å². The predicted molar refractivity (Wildman–Crippen MR) is 65.9 cm³/mol. The Morgan fingerprint density at radius 1 is 1.08 bits per heavy atom. The fraction of sp³-hybridized carbons (Fsp3) is 1.00. The molecule has 12 heavy (non-hydrogen) atoms. The fourth-order valence-corrected chi connectivity index (χ4v) is 4.02. The first-order chi connectivity index (χ1) is 5.76. The molecule has 0 aromatic rings. The lowest BCUT2D eigenvalue weighted by Gasteiger charge is -2.21. The summed E-state index contributed by atoms with van der Waals surface area (Å²) in [5.41, 5.74) is 2.00. The van der Waals surface area contributed by atoms with Crippen LogP contribution in [0.1, 0.15) is 39.5 Å². The Labute approximate surface area is 81.9 Å². The van der Waals surface area contributed by atoms with Gasteiger partial charge in [-0.3, -0.25) is 0 Å². The van der Waals surface area contributed by atoms with Crippen LogP contribution in [0, 0.1) is 0 Å². The lowest BCUT2D eigenvalue weighted by Crippen LogP contribution is -2.13. The van der Waals surface area contributed by atoms with Gasteiger partial charge in [-0.1, -0.05) is 33.1 Å². The highest BCUT2D eigenvalue weighted by atomic mass is 31.1. The minimum atomic E-state index is 0.977. The SMILES string of the molecule is CCCCCC(PC)C(C)PC. The van der Waals surface area contributed by atoms with Crippen molar-refractivity contribution < 1.29 is 0 Å². The molecule has 4 atom stereocenters. The molecule has 0 rings (SSSR count). The van der Waals surface area contributed by atoms with Gasteiger partial charge in [-0.15, -0.1) is 17.2 Å². The third kappa shape index (κ3) is 5.50. The van der Waals surface area contributed by atoms with Gasteiger partial charge in [-0.25, -0.2) is 0 Å². The first kappa shape index (κ1) is 12.9. The van der Waals surface area contributed by atoms with Crippen LogP contribution in [0.25, 0.3) is 0 Å². The second-order valence-electron chi connectivity index (χ2n) is 3.47. The minimum absolute atomic E-state index is 0.977. The van der Waals surface area contributed by atoms with Crippen molar-refractivity contribution in [2.24, 2.45) is 0 Å². The second-order valence-corrected chi connectivity index (χ2v) is 6.28. The first-order valence-corrected chi connectivity index (χ1v) is 8.26. The molecule has 0 fully saturated rings. The van der Waals surface area contributed by atoms with Crippen LogP contribution < -0.4 is 0 Å². The Hall–Kier alpha value is 0.860. The fourth-order valence-electron chi connectivity index (χ4n) is 1.46. The molecule has 0 aromatic heterocycles. The van der Waals surface area contributed by atoms with E-state index in [1.54, 1.807) is 0 Å². The van der Waals surface area contributed by atoms with Crippen LogP contribution in [-0.4, -0.2) is 24.6 Å². The molecule has 0 bridgehead atoms. The highest BCUT2D eigenvalue weighted by Crippen LogP contribution is 2.32. The maximum Gasteiger partial charge on any atom is -0.0176 e. The van der Waals surface area contributed by atoms with Crippen LogP contribution in [0.4, 0.5) is 0 Å². The van der Waals surface area contributed by atoms with Crippen molar-refractivity contribution in [3.05, 3.63) is 0 Å². The third-order valence-corrected chi connectivity index (χ3v) is 5.73. The molecule has 0 amide bonds. The lowest BCUT2D eigenvalue weighted by atomic mass is 10.1. The van der Waals surface area contributed by atoms with Gasteiger partial charge >= 0.3 is 0 Å². The summed E-state index contributed by atoms with van der Waals surface area (Å²) in [4.78, 5) is 0. The smallest absolute Gasteiger partial charge is 0.0176 e. The monoisotopic (exact) mass is 206 g/mol. The van der Waals surface area contributed by atoms with Crippen LogP contribution in [0.2, 0.25) is 0 Å². The summed E-state index contributed by atoms with van der Waals surface area (Å²) < 4.78 is 0. The second kappa shape index (κ2) is 8.46. The van der Waals surface area contributed by atoms with Crippen molar-refractivity contribution in [1.29, 1.82) is 0 Å². The molecule has 0 saturated carbocycles. The maximum absolute atomic E-state index is 2.42. The number of hydrogen-bond acceptors (Lipinski definition) is 0. The molecule has 0 aliphatic heterocycles. The molecule has 0 saturated heterocycles. The van der Waals surface area contributed by atoms with Gasteiger partial charge in [-0.2, -0.15) is 0 Å². The number of hydrogen-bond donors (Lipinski definition) is 0. The molecule has 0 radical (unpaired) electrons. The Morgan fingerprint density at radius 3 is 2.17 bits per heavy atom. The van der Waals surface area contributed by atoms with E-state index in [1.165, 1.54) is 25.7 Å². The van der Waals surface area contributed by atoms with E-state index in [2.05, 4.69) is 27.2 Å². The van der Waals surface area contributed by atoms with E-state index in [-0.39, 0.29) is 0 Å². The average molecular weight is 206 g/mol. The van der Waals surface area contributed by atoms with E-state index in [4.69, 9.17) is 0 Å². The molecule has 0 N–H and O–H groups in total. The highest BCUT2D eigenvalue weighted by Gasteiger charge is 2.12. The molecule has 0 spiro atoms. The van der Waals surface area contributed by atoms with E-state index < -0.39 is 0 Å². The number of rotatable bonds is 7. The van der Waals surface area contributed by atoms with E-state index in [1.807, 2.05) is 0 Å². The van der Waals surface area contributed by atoms with Crippen LogP contribution in [-0.2, 0) is 0 Å². The Morgan fingerprint density at radius 2 is 1.75 bits per heavy atom. The van der Waals surface area contributed by atoms with Crippen molar-refractivity contribution >= 4 is 17.2 Å². The van der Waals surface area contributed by atoms with Gasteiger partial charge in [0, 0.05) is 0 Å².